The first kappa shape index (κ1) is 15.3. The minimum atomic E-state index is -2.06. The number of hydrogen-bond donors (Lipinski definition) is 2. The third-order valence-corrected chi connectivity index (χ3v) is 4.44. The number of benzene rings is 1. The number of ether oxygens (including phenoxy) is 1. The lowest BCUT2D eigenvalue weighted by molar-refractivity contribution is -0.130. The van der Waals surface area contributed by atoms with Gasteiger partial charge in [-0.05, 0) is 25.1 Å². The van der Waals surface area contributed by atoms with Gasteiger partial charge in [0.05, 0.1) is 24.0 Å². The SMILES string of the molecule is COC1=C(C)c2oc3ccc(O)cc3c(=O)c2C(O)(C=O)C1C. The van der Waals surface area contributed by atoms with Crippen molar-refractivity contribution in [2.24, 2.45) is 5.92 Å². The summed E-state index contributed by atoms with van der Waals surface area (Å²) in [5.41, 5.74) is -1.93. The molecule has 0 fully saturated rings. The van der Waals surface area contributed by atoms with Gasteiger partial charge in [-0.1, -0.05) is 6.92 Å². The zero-order chi connectivity index (χ0) is 16.9. The zero-order valence-corrected chi connectivity index (χ0v) is 12.9. The van der Waals surface area contributed by atoms with Gasteiger partial charge in [-0.3, -0.25) is 9.59 Å². The predicted octanol–water partition coefficient (Wildman–Crippen LogP) is 1.91. The van der Waals surface area contributed by atoms with Crippen molar-refractivity contribution in [1.82, 2.24) is 0 Å². The fourth-order valence-electron chi connectivity index (χ4n) is 3.15. The molecular weight excluding hydrogens is 300 g/mol. The normalized spacial score (nSPS) is 23.7. The van der Waals surface area contributed by atoms with E-state index >= 15 is 0 Å². The van der Waals surface area contributed by atoms with E-state index in [4.69, 9.17) is 9.15 Å². The van der Waals surface area contributed by atoms with Crippen LogP contribution in [0.4, 0.5) is 0 Å². The summed E-state index contributed by atoms with van der Waals surface area (Å²) in [7, 11) is 1.43. The highest BCUT2D eigenvalue weighted by molar-refractivity contribution is 5.85. The van der Waals surface area contributed by atoms with Crippen molar-refractivity contribution in [3.8, 4) is 5.75 Å². The average molecular weight is 316 g/mol. The first-order valence-electron chi connectivity index (χ1n) is 7.09. The molecule has 0 radical (unpaired) electrons. The number of aldehydes is 1. The molecule has 0 bridgehead atoms. The number of carbonyl (C=O) groups is 1. The number of phenolic OH excluding ortho intramolecular Hbond substituents is 1. The van der Waals surface area contributed by atoms with E-state index in [1.165, 1.54) is 25.3 Å². The van der Waals surface area contributed by atoms with Crippen LogP contribution >= 0.6 is 0 Å². The van der Waals surface area contributed by atoms with Crippen LogP contribution in [0.3, 0.4) is 0 Å². The summed E-state index contributed by atoms with van der Waals surface area (Å²) in [6, 6.07) is 4.11. The van der Waals surface area contributed by atoms with Gasteiger partial charge in [-0.25, -0.2) is 0 Å². The van der Waals surface area contributed by atoms with Gasteiger partial charge < -0.3 is 19.4 Å². The summed E-state index contributed by atoms with van der Waals surface area (Å²) in [4.78, 5) is 24.5. The van der Waals surface area contributed by atoms with Crippen molar-refractivity contribution in [2.45, 2.75) is 19.4 Å². The van der Waals surface area contributed by atoms with Crippen LogP contribution in [0, 0.1) is 5.92 Å². The summed E-state index contributed by atoms with van der Waals surface area (Å²) in [5, 5.41) is 20.5. The van der Waals surface area contributed by atoms with E-state index in [0.29, 0.717) is 17.6 Å². The zero-order valence-electron chi connectivity index (χ0n) is 12.9. The van der Waals surface area contributed by atoms with E-state index in [0.717, 1.165) is 0 Å². The van der Waals surface area contributed by atoms with Gasteiger partial charge in [-0.2, -0.15) is 0 Å². The Labute approximate surface area is 131 Å². The number of allylic oxidation sites excluding steroid dienone is 1. The number of carbonyl (C=O) groups excluding carboxylic acids is 1. The van der Waals surface area contributed by atoms with Gasteiger partial charge in [-0.15, -0.1) is 0 Å². The number of fused-ring (bicyclic) bond motifs is 2. The van der Waals surface area contributed by atoms with Crippen molar-refractivity contribution in [3.63, 3.8) is 0 Å². The Bertz CT molecular complexity index is 907. The lowest BCUT2D eigenvalue weighted by atomic mass is 9.75. The second-order valence-electron chi connectivity index (χ2n) is 5.67. The van der Waals surface area contributed by atoms with Gasteiger partial charge in [0, 0.05) is 5.57 Å². The Morgan fingerprint density at radius 3 is 2.70 bits per heavy atom. The van der Waals surface area contributed by atoms with Crippen LogP contribution in [0.2, 0.25) is 0 Å². The molecule has 6 heteroatoms. The topological polar surface area (TPSA) is 97.0 Å². The Morgan fingerprint density at radius 2 is 2.09 bits per heavy atom. The molecule has 2 atom stereocenters. The number of hydrogen-bond acceptors (Lipinski definition) is 6. The second-order valence-corrected chi connectivity index (χ2v) is 5.67. The number of phenols is 1. The maximum Gasteiger partial charge on any atom is 0.200 e. The average Bonchev–Trinajstić information content (AvgIpc) is 2.54. The Hall–Kier alpha value is -2.60. The molecule has 0 spiro atoms. The number of aliphatic hydroxyl groups is 1. The van der Waals surface area contributed by atoms with Gasteiger partial charge in [0.1, 0.15) is 22.9 Å². The van der Waals surface area contributed by atoms with Crippen LogP contribution in [0.5, 0.6) is 5.75 Å². The summed E-state index contributed by atoms with van der Waals surface area (Å²) >= 11 is 0. The Morgan fingerprint density at radius 1 is 1.39 bits per heavy atom. The molecule has 1 aromatic heterocycles. The maximum absolute atomic E-state index is 12.8. The first-order valence-corrected chi connectivity index (χ1v) is 7.09. The van der Waals surface area contributed by atoms with E-state index in [2.05, 4.69) is 0 Å². The minimum Gasteiger partial charge on any atom is -0.508 e. The van der Waals surface area contributed by atoms with Crippen molar-refractivity contribution >= 4 is 22.8 Å². The number of methoxy groups -OCH3 is 1. The molecule has 0 aliphatic heterocycles. The van der Waals surface area contributed by atoms with Crippen LogP contribution < -0.4 is 5.43 Å². The molecule has 6 nitrogen and oxygen atoms in total. The molecule has 1 aliphatic carbocycles. The molecular formula is C17H16O6. The highest BCUT2D eigenvalue weighted by Gasteiger charge is 2.48. The molecule has 0 saturated heterocycles. The van der Waals surface area contributed by atoms with Crippen LogP contribution in [0.25, 0.3) is 16.5 Å². The quantitative estimate of drug-likeness (QED) is 0.822. The Balaban J connectivity index is 2.52. The fraction of sp³-hybridized carbons (Fsp3) is 0.294. The molecule has 1 heterocycles. The Kier molecular flexibility index (Phi) is 3.30. The molecule has 2 unspecified atom stereocenters. The third kappa shape index (κ3) is 1.91. The summed E-state index contributed by atoms with van der Waals surface area (Å²) in [6.45, 7) is 3.31. The number of rotatable bonds is 2. The van der Waals surface area contributed by atoms with E-state index < -0.39 is 16.9 Å². The second kappa shape index (κ2) is 4.96. The number of aromatic hydroxyl groups is 1. The van der Waals surface area contributed by atoms with E-state index in [-0.39, 0.29) is 28.0 Å². The van der Waals surface area contributed by atoms with E-state index in [1.807, 2.05) is 0 Å². The van der Waals surface area contributed by atoms with Crippen molar-refractivity contribution < 1.29 is 24.2 Å². The van der Waals surface area contributed by atoms with Gasteiger partial charge in [0.2, 0.25) is 0 Å². The van der Waals surface area contributed by atoms with Gasteiger partial charge in [0.15, 0.2) is 17.3 Å². The van der Waals surface area contributed by atoms with Crippen LogP contribution in [0.15, 0.2) is 33.2 Å². The summed E-state index contributed by atoms with van der Waals surface area (Å²) in [6.07, 6.45) is 0.327. The van der Waals surface area contributed by atoms with Gasteiger partial charge >= 0.3 is 0 Å². The molecule has 2 N–H and O–H groups in total. The lowest BCUT2D eigenvalue weighted by Crippen LogP contribution is -2.44. The van der Waals surface area contributed by atoms with Crippen molar-refractivity contribution in [3.05, 3.63) is 45.5 Å². The van der Waals surface area contributed by atoms with E-state index in [9.17, 15) is 19.8 Å². The molecule has 2 aromatic rings. The highest BCUT2D eigenvalue weighted by Crippen LogP contribution is 2.44. The van der Waals surface area contributed by atoms with Crippen molar-refractivity contribution in [2.75, 3.05) is 7.11 Å². The molecule has 1 aromatic carbocycles. The lowest BCUT2D eigenvalue weighted by Gasteiger charge is -2.35. The van der Waals surface area contributed by atoms with Crippen LogP contribution in [0.1, 0.15) is 25.2 Å². The largest absolute Gasteiger partial charge is 0.508 e. The molecule has 3 rings (SSSR count). The predicted molar refractivity (Wildman–Crippen MR) is 82.9 cm³/mol. The van der Waals surface area contributed by atoms with Crippen molar-refractivity contribution in [1.29, 1.82) is 0 Å². The maximum atomic E-state index is 12.8. The van der Waals surface area contributed by atoms with Crippen LogP contribution in [-0.4, -0.2) is 23.6 Å². The standard InChI is InChI=1S/C17H16O6/c1-8-15(22-3)9(2)17(21,7-18)13-14(20)11-6-10(19)4-5-12(11)23-16(8)13/h4-7,9,19,21H,1-3H3. The fourth-order valence-corrected chi connectivity index (χ4v) is 3.15. The summed E-state index contributed by atoms with van der Waals surface area (Å²) in [5.74, 6) is -0.339. The highest BCUT2D eigenvalue weighted by atomic mass is 16.5. The molecule has 1 aliphatic rings. The van der Waals surface area contributed by atoms with E-state index in [1.54, 1.807) is 13.8 Å². The first-order chi connectivity index (χ1) is 10.8. The summed E-state index contributed by atoms with van der Waals surface area (Å²) < 4.78 is 11.0. The molecule has 0 saturated carbocycles. The third-order valence-electron chi connectivity index (χ3n) is 4.44. The monoisotopic (exact) mass is 316 g/mol. The smallest absolute Gasteiger partial charge is 0.200 e. The molecule has 120 valence electrons. The molecule has 23 heavy (non-hydrogen) atoms. The van der Waals surface area contributed by atoms with Gasteiger partial charge in [0.25, 0.3) is 0 Å². The molecule has 0 amide bonds. The van der Waals surface area contributed by atoms with Crippen LogP contribution in [-0.2, 0) is 15.1 Å². The minimum absolute atomic E-state index is 0.102.